The number of benzene rings is 1. The van der Waals surface area contributed by atoms with Crippen molar-refractivity contribution < 1.29 is 9.13 Å². The highest BCUT2D eigenvalue weighted by Gasteiger charge is 2.19. The Hall–Kier alpha value is -2.01. The molecular weight excluding hydrogens is 293 g/mol. The second kappa shape index (κ2) is 7.51. The van der Waals surface area contributed by atoms with E-state index in [0.29, 0.717) is 5.75 Å². The van der Waals surface area contributed by atoms with Crippen LogP contribution in [0.4, 0.5) is 4.39 Å². The van der Waals surface area contributed by atoms with Crippen molar-refractivity contribution >= 4 is 0 Å². The van der Waals surface area contributed by atoms with Crippen LogP contribution in [0.1, 0.15) is 13.3 Å². The molecule has 1 aromatic carbocycles. The highest BCUT2D eigenvalue weighted by Crippen LogP contribution is 2.16. The number of rotatable bonds is 4. The van der Waals surface area contributed by atoms with E-state index < -0.39 is 0 Å². The van der Waals surface area contributed by atoms with E-state index in [1.807, 2.05) is 12.2 Å². The lowest BCUT2D eigenvalue weighted by molar-refractivity contribution is 0.193. The van der Waals surface area contributed by atoms with E-state index >= 15 is 0 Å². The van der Waals surface area contributed by atoms with Gasteiger partial charge in [-0.15, -0.1) is 0 Å². The lowest BCUT2D eigenvalue weighted by atomic mass is 10.3. The molecule has 1 saturated heterocycles. The Morgan fingerprint density at radius 2 is 2.04 bits per heavy atom. The van der Waals surface area contributed by atoms with E-state index in [1.54, 1.807) is 12.1 Å². The van der Waals surface area contributed by atoms with Gasteiger partial charge in [0.15, 0.2) is 6.23 Å². The van der Waals surface area contributed by atoms with E-state index in [1.165, 1.54) is 12.1 Å². The van der Waals surface area contributed by atoms with Gasteiger partial charge in [-0.2, -0.15) is 0 Å². The summed E-state index contributed by atoms with van der Waals surface area (Å²) in [5.74, 6) is 1.35. The molecule has 0 amide bonds. The molecule has 2 aliphatic rings. The summed E-state index contributed by atoms with van der Waals surface area (Å²) in [5.41, 5.74) is 0. The van der Waals surface area contributed by atoms with Crippen molar-refractivity contribution in [1.82, 2.24) is 15.1 Å². The molecule has 5 heteroatoms. The molecule has 1 fully saturated rings. The fourth-order valence-corrected chi connectivity index (χ4v) is 2.86. The number of hydrogen-bond acceptors (Lipinski definition) is 4. The summed E-state index contributed by atoms with van der Waals surface area (Å²) < 4.78 is 18.8. The first-order valence-electron chi connectivity index (χ1n) is 8.21. The fourth-order valence-electron chi connectivity index (χ4n) is 2.86. The summed E-state index contributed by atoms with van der Waals surface area (Å²) in [7, 11) is 0. The largest absolute Gasteiger partial charge is 0.467 e. The van der Waals surface area contributed by atoms with Crippen LogP contribution in [0.25, 0.3) is 0 Å². The third kappa shape index (κ3) is 4.26. The van der Waals surface area contributed by atoms with Gasteiger partial charge in [0, 0.05) is 25.7 Å². The minimum absolute atomic E-state index is 0.261. The number of hydrogen-bond donors (Lipinski definition) is 1. The van der Waals surface area contributed by atoms with E-state index in [-0.39, 0.29) is 12.0 Å². The average molecular weight is 316 g/mol. The van der Waals surface area contributed by atoms with Crippen LogP contribution in [0.5, 0.6) is 5.75 Å². The average Bonchev–Trinajstić information content (AvgIpc) is 2.83. The fraction of sp³-hybridized carbons (Fsp3) is 0.444. The lowest BCUT2D eigenvalue weighted by Gasteiger charge is -2.31. The number of likely N-dealkylation sites (N-methyl/N-ethyl adjacent to an activating group) is 1. The molecule has 0 spiro atoms. The van der Waals surface area contributed by atoms with E-state index in [4.69, 9.17) is 4.74 Å². The van der Waals surface area contributed by atoms with Gasteiger partial charge < -0.3 is 19.9 Å². The van der Waals surface area contributed by atoms with Crippen LogP contribution < -0.4 is 10.1 Å². The number of allylic oxidation sites excluding steroid dienone is 2. The Kier molecular flexibility index (Phi) is 5.18. The number of halogens is 1. The molecule has 1 N–H and O–H groups in total. The van der Waals surface area contributed by atoms with Crippen LogP contribution in [-0.2, 0) is 0 Å². The van der Waals surface area contributed by atoms with Gasteiger partial charge in [-0.05, 0) is 55.9 Å². The molecule has 23 heavy (non-hydrogen) atoms. The van der Waals surface area contributed by atoms with Gasteiger partial charge >= 0.3 is 0 Å². The topological polar surface area (TPSA) is 27.7 Å². The molecule has 0 aromatic heterocycles. The van der Waals surface area contributed by atoms with Crippen molar-refractivity contribution in [2.24, 2.45) is 0 Å². The van der Waals surface area contributed by atoms with Crippen LogP contribution in [-0.4, -0.2) is 48.8 Å². The molecule has 0 saturated carbocycles. The van der Waals surface area contributed by atoms with Gasteiger partial charge in [-0.25, -0.2) is 4.39 Å². The predicted molar refractivity (Wildman–Crippen MR) is 88.2 cm³/mol. The second-order valence-electron chi connectivity index (χ2n) is 5.76. The van der Waals surface area contributed by atoms with Crippen molar-refractivity contribution in [3.05, 3.63) is 54.1 Å². The molecule has 2 aliphatic heterocycles. The van der Waals surface area contributed by atoms with Crippen molar-refractivity contribution in [2.45, 2.75) is 19.6 Å². The molecule has 2 heterocycles. The molecule has 4 nitrogen and oxygen atoms in total. The highest BCUT2D eigenvalue weighted by molar-refractivity contribution is 5.24. The van der Waals surface area contributed by atoms with Crippen molar-refractivity contribution in [2.75, 3.05) is 32.7 Å². The number of nitrogens with one attached hydrogen (secondary N) is 1. The van der Waals surface area contributed by atoms with Gasteiger partial charge in [0.25, 0.3) is 0 Å². The molecule has 0 bridgehead atoms. The summed E-state index contributed by atoms with van der Waals surface area (Å²) in [6.07, 6.45) is 7.95. The normalized spacial score (nSPS) is 22.3. The summed E-state index contributed by atoms with van der Waals surface area (Å²) in [4.78, 5) is 4.78. The maximum Gasteiger partial charge on any atom is 0.190 e. The third-order valence-electron chi connectivity index (χ3n) is 4.20. The Morgan fingerprint density at radius 1 is 1.22 bits per heavy atom. The Morgan fingerprint density at radius 3 is 2.83 bits per heavy atom. The lowest BCUT2D eigenvalue weighted by Crippen LogP contribution is -2.42. The number of ether oxygens (including phenoxy) is 1. The molecule has 0 aliphatic carbocycles. The van der Waals surface area contributed by atoms with Gasteiger partial charge in [-0.1, -0.05) is 6.92 Å². The number of nitrogens with zero attached hydrogens (tertiary/aromatic N) is 2. The smallest absolute Gasteiger partial charge is 0.190 e. The van der Waals surface area contributed by atoms with Crippen LogP contribution in [0.3, 0.4) is 0 Å². The van der Waals surface area contributed by atoms with Crippen LogP contribution in [0.2, 0.25) is 0 Å². The molecule has 1 atom stereocenters. The molecule has 3 rings (SSSR count). The molecule has 123 valence electrons. The Labute approximate surface area is 137 Å². The van der Waals surface area contributed by atoms with Gasteiger partial charge in [0.05, 0.1) is 0 Å². The van der Waals surface area contributed by atoms with E-state index in [9.17, 15) is 4.39 Å². The van der Waals surface area contributed by atoms with Crippen LogP contribution in [0, 0.1) is 11.9 Å². The third-order valence-corrected chi connectivity index (χ3v) is 4.20. The number of dihydropyridines is 1. The maximum atomic E-state index is 13.0. The first kappa shape index (κ1) is 15.9. The monoisotopic (exact) mass is 316 g/mol. The van der Waals surface area contributed by atoms with Crippen LogP contribution in [0.15, 0.2) is 42.2 Å². The Bertz CT molecular complexity index is 570. The molecule has 1 unspecified atom stereocenters. The zero-order valence-corrected chi connectivity index (χ0v) is 13.5. The summed E-state index contributed by atoms with van der Waals surface area (Å²) in [6, 6.07) is 6.08. The summed E-state index contributed by atoms with van der Waals surface area (Å²) in [5, 5.41) is 3.36. The minimum Gasteiger partial charge on any atom is -0.467 e. The zero-order valence-electron chi connectivity index (χ0n) is 13.5. The predicted octanol–water partition coefficient (Wildman–Crippen LogP) is 2.36. The van der Waals surface area contributed by atoms with Crippen molar-refractivity contribution in [3.63, 3.8) is 0 Å². The minimum atomic E-state index is -0.262. The maximum absolute atomic E-state index is 13.0. The van der Waals surface area contributed by atoms with Crippen LogP contribution >= 0.6 is 0 Å². The molecule has 1 radical (unpaired) electrons. The van der Waals surface area contributed by atoms with Gasteiger partial charge in [0.2, 0.25) is 0 Å². The van der Waals surface area contributed by atoms with E-state index in [0.717, 1.165) is 45.0 Å². The first-order valence-corrected chi connectivity index (χ1v) is 8.21. The zero-order chi connectivity index (χ0) is 16.1. The first-order chi connectivity index (χ1) is 11.2. The highest BCUT2D eigenvalue weighted by atomic mass is 19.1. The molecular formula is C18H23FN3O. The standard InChI is InChI=1S/C18H23FN3O/c1-2-21-11-4-12-22(14-13-21)17-5-3-6-18(20-17)23-16-9-7-15(19)8-10-16/h3,6-10,18,20H,2,4,11-14H2,1H3. The van der Waals surface area contributed by atoms with Crippen molar-refractivity contribution in [3.8, 4) is 5.75 Å². The van der Waals surface area contributed by atoms with Gasteiger partial charge in [0.1, 0.15) is 17.4 Å². The second-order valence-corrected chi connectivity index (χ2v) is 5.76. The van der Waals surface area contributed by atoms with Crippen molar-refractivity contribution in [1.29, 1.82) is 0 Å². The van der Waals surface area contributed by atoms with E-state index in [2.05, 4.69) is 28.1 Å². The SMILES string of the molecule is CCN1CCCN(C2=[C]C=CC(Oc3ccc(F)cc3)N2)CC1. The van der Waals surface area contributed by atoms with Gasteiger partial charge in [-0.3, -0.25) is 0 Å². The summed E-state index contributed by atoms with van der Waals surface area (Å²) >= 11 is 0. The molecule has 1 aromatic rings. The quantitative estimate of drug-likeness (QED) is 0.923. The summed E-state index contributed by atoms with van der Waals surface area (Å²) in [6.45, 7) is 7.51. The Balaban J connectivity index is 1.58.